The minimum absolute atomic E-state index is 0.0893. The number of halogens is 3. The predicted molar refractivity (Wildman–Crippen MR) is 57.3 cm³/mol. The summed E-state index contributed by atoms with van der Waals surface area (Å²) in [5.41, 5.74) is 0.682. The van der Waals surface area contributed by atoms with E-state index in [4.69, 9.17) is 4.74 Å². The van der Waals surface area contributed by atoms with Crippen molar-refractivity contribution < 1.29 is 22.7 Å². The molecule has 0 heterocycles. The monoisotopic (exact) mass is 250 g/mol. The van der Waals surface area contributed by atoms with Crippen LogP contribution in [0.3, 0.4) is 0 Å². The van der Waals surface area contributed by atoms with E-state index in [-0.39, 0.29) is 19.4 Å². The van der Waals surface area contributed by atoms with Gasteiger partial charge in [0.2, 0.25) is 0 Å². The lowest BCUT2D eigenvalue weighted by Crippen LogP contribution is -2.32. The Hall–Kier alpha value is -1.00. The molecule has 1 rings (SSSR count). The molecule has 1 aliphatic rings. The Kier molecular flexibility index (Phi) is 4.60. The first-order valence-corrected chi connectivity index (χ1v) is 5.68. The highest BCUT2D eigenvalue weighted by Gasteiger charge is 2.43. The van der Waals surface area contributed by atoms with Crippen molar-refractivity contribution in [3.63, 3.8) is 0 Å². The van der Waals surface area contributed by atoms with Gasteiger partial charge in [-0.3, -0.25) is 4.79 Å². The summed E-state index contributed by atoms with van der Waals surface area (Å²) < 4.78 is 42.5. The summed E-state index contributed by atoms with van der Waals surface area (Å²) in [5, 5.41) is 0. The molecule has 0 saturated heterocycles. The van der Waals surface area contributed by atoms with Gasteiger partial charge in [0.25, 0.3) is 0 Å². The zero-order chi connectivity index (χ0) is 13.1. The fraction of sp³-hybridized carbons (Fsp3) is 0.750. The van der Waals surface area contributed by atoms with Crippen LogP contribution in [0.2, 0.25) is 0 Å². The second-order valence-corrected chi connectivity index (χ2v) is 4.67. The molecular weight excluding hydrogens is 233 g/mol. The SMILES string of the molecule is C=C(C)COC(=O)C1CCCC(C(F)(F)F)C1. The largest absolute Gasteiger partial charge is 0.461 e. The normalized spacial score (nSPS) is 25.4. The number of rotatable bonds is 3. The summed E-state index contributed by atoms with van der Waals surface area (Å²) in [4.78, 5) is 11.5. The highest BCUT2D eigenvalue weighted by Crippen LogP contribution is 2.40. The first kappa shape index (κ1) is 14.1. The van der Waals surface area contributed by atoms with E-state index >= 15 is 0 Å². The molecule has 0 aromatic carbocycles. The summed E-state index contributed by atoms with van der Waals surface area (Å²) in [6.45, 7) is 5.36. The summed E-state index contributed by atoms with van der Waals surface area (Å²) in [6, 6.07) is 0. The summed E-state index contributed by atoms with van der Waals surface area (Å²) in [6.07, 6.45) is -3.31. The van der Waals surface area contributed by atoms with Crippen LogP contribution in [0, 0.1) is 11.8 Å². The molecule has 2 nitrogen and oxygen atoms in total. The van der Waals surface area contributed by atoms with Crippen molar-refractivity contribution in [1.29, 1.82) is 0 Å². The van der Waals surface area contributed by atoms with Gasteiger partial charge in [0, 0.05) is 0 Å². The quantitative estimate of drug-likeness (QED) is 0.566. The molecule has 0 radical (unpaired) electrons. The van der Waals surface area contributed by atoms with Gasteiger partial charge in [0.05, 0.1) is 11.8 Å². The Morgan fingerprint density at radius 2 is 2.06 bits per heavy atom. The van der Waals surface area contributed by atoms with E-state index in [1.807, 2.05) is 0 Å². The van der Waals surface area contributed by atoms with Crippen molar-refractivity contribution in [2.75, 3.05) is 6.61 Å². The van der Waals surface area contributed by atoms with Gasteiger partial charge in [-0.15, -0.1) is 0 Å². The minimum atomic E-state index is -4.20. The average Bonchev–Trinajstić information content (AvgIpc) is 2.25. The molecule has 0 aliphatic heterocycles. The molecule has 0 aromatic heterocycles. The first-order chi connectivity index (χ1) is 7.80. The maximum atomic E-state index is 12.5. The second kappa shape index (κ2) is 5.56. The topological polar surface area (TPSA) is 26.3 Å². The average molecular weight is 250 g/mol. The van der Waals surface area contributed by atoms with E-state index in [0.717, 1.165) is 0 Å². The molecule has 1 saturated carbocycles. The molecule has 2 unspecified atom stereocenters. The van der Waals surface area contributed by atoms with Gasteiger partial charge in [-0.25, -0.2) is 0 Å². The highest BCUT2D eigenvalue weighted by atomic mass is 19.4. The molecule has 1 aliphatic carbocycles. The Labute approximate surface area is 98.8 Å². The molecular formula is C12H17F3O2. The fourth-order valence-corrected chi connectivity index (χ4v) is 2.01. The highest BCUT2D eigenvalue weighted by molar-refractivity contribution is 5.72. The van der Waals surface area contributed by atoms with E-state index in [0.29, 0.717) is 18.4 Å². The zero-order valence-corrected chi connectivity index (χ0v) is 9.85. The lowest BCUT2D eigenvalue weighted by Gasteiger charge is -2.29. The number of carbonyl (C=O) groups excluding carboxylic acids is 1. The van der Waals surface area contributed by atoms with E-state index in [1.54, 1.807) is 6.92 Å². The molecule has 0 bridgehead atoms. The fourth-order valence-electron chi connectivity index (χ4n) is 2.01. The van der Waals surface area contributed by atoms with Gasteiger partial charge >= 0.3 is 12.1 Å². The maximum Gasteiger partial charge on any atom is 0.391 e. The Morgan fingerprint density at radius 3 is 2.59 bits per heavy atom. The van der Waals surface area contributed by atoms with E-state index in [9.17, 15) is 18.0 Å². The molecule has 0 aromatic rings. The summed E-state index contributed by atoms with van der Waals surface area (Å²) in [7, 11) is 0. The Morgan fingerprint density at radius 1 is 1.41 bits per heavy atom. The molecule has 17 heavy (non-hydrogen) atoms. The van der Waals surface area contributed by atoms with Crippen molar-refractivity contribution in [3.8, 4) is 0 Å². The van der Waals surface area contributed by atoms with E-state index < -0.39 is 24.0 Å². The van der Waals surface area contributed by atoms with Gasteiger partial charge in [-0.2, -0.15) is 13.2 Å². The van der Waals surface area contributed by atoms with Crippen molar-refractivity contribution in [1.82, 2.24) is 0 Å². The van der Waals surface area contributed by atoms with Gasteiger partial charge < -0.3 is 4.74 Å². The third kappa shape index (κ3) is 4.40. The Bertz CT molecular complexity index is 297. The van der Waals surface area contributed by atoms with Gasteiger partial charge in [0.1, 0.15) is 6.61 Å². The van der Waals surface area contributed by atoms with E-state index in [2.05, 4.69) is 6.58 Å². The third-order valence-corrected chi connectivity index (χ3v) is 2.93. The minimum Gasteiger partial charge on any atom is -0.461 e. The number of ether oxygens (including phenoxy) is 1. The van der Waals surface area contributed by atoms with Gasteiger partial charge in [-0.05, 0) is 31.8 Å². The molecule has 2 atom stereocenters. The lowest BCUT2D eigenvalue weighted by atomic mass is 9.81. The first-order valence-electron chi connectivity index (χ1n) is 5.68. The van der Waals surface area contributed by atoms with Crippen LogP contribution in [0.15, 0.2) is 12.2 Å². The van der Waals surface area contributed by atoms with Crippen LogP contribution in [0.1, 0.15) is 32.6 Å². The van der Waals surface area contributed by atoms with E-state index in [1.165, 1.54) is 0 Å². The van der Waals surface area contributed by atoms with Crippen LogP contribution >= 0.6 is 0 Å². The van der Waals surface area contributed by atoms with Crippen molar-refractivity contribution in [3.05, 3.63) is 12.2 Å². The lowest BCUT2D eigenvalue weighted by molar-refractivity contribution is -0.188. The predicted octanol–water partition coefficient (Wildman–Crippen LogP) is 3.47. The molecule has 5 heteroatoms. The smallest absolute Gasteiger partial charge is 0.391 e. The van der Waals surface area contributed by atoms with Crippen LogP contribution in [0.4, 0.5) is 13.2 Å². The van der Waals surface area contributed by atoms with Crippen LogP contribution < -0.4 is 0 Å². The van der Waals surface area contributed by atoms with Crippen LogP contribution in [-0.2, 0) is 9.53 Å². The van der Waals surface area contributed by atoms with Gasteiger partial charge in [0.15, 0.2) is 0 Å². The number of alkyl halides is 3. The molecule has 0 spiro atoms. The Balaban J connectivity index is 2.49. The standard InChI is InChI=1S/C12H17F3O2/c1-8(2)7-17-11(16)9-4-3-5-10(6-9)12(13,14)15/h9-10H,1,3-7H2,2H3. The number of hydrogen-bond acceptors (Lipinski definition) is 2. The second-order valence-electron chi connectivity index (χ2n) is 4.67. The summed E-state index contributed by atoms with van der Waals surface area (Å²) in [5.74, 6) is -2.50. The summed E-state index contributed by atoms with van der Waals surface area (Å²) >= 11 is 0. The number of carbonyl (C=O) groups is 1. The van der Waals surface area contributed by atoms with Crippen molar-refractivity contribution in [2.24, 2.45) is 11.8 Å². The molecule has 98 valence electrons. The third-order valence-electron chi connectivity index (χ3n) is 2.93. The van der Waals surface area contributed by atoms with Crippen molar-refractivity contribution >= 4 is 5.97 Å². The van der Waals surface area contributed by atoms with Crippen LogP contribution in [0.25, 0.3) is 0 Å². The van der Waals surface area contributed by atoms with Crippen LogP contribution in [0.5, 0.6) is 0 Å². The number of hydrogen-bond donors (Lipinski definition) is 0. The molecule has 0 N–H and O–H groups in total. The number of esters is 1. The zero-order valence-electron chi connectivity index (χ0n) is 9.85. The van der Waals surface area contributed by atoms with Gasteiger partial charge in [-0.1, -0.05) is 13.0 Å². The van der Waals surface area contributed by atoms with Crippen molar-refractivity contribution in [2.45, 2.75) is 38.8 Å². The molecule has 1 fully saturated rings. The molecule has 0 amide bonds. The van der Waals surface area contributed by atoms with Crippen LogP contribution in [-0.4, -0.2) is 18.8 Å². The maximum absolute atomic E-state index is 12.5.